The number of amides is 4. The lowest BCUT2D eigenvalue weighted by Gasteiger charge is -2.37. The molecule has 190 valence electrons. The molecule has 3 saturated heterocycles. The van der Waals surface area contributed by atoms with E-state index in [0.29, 0.717) is 35.1 Å². The zero-order chi connectivity index (χ0) is 26.7. The Morgan fingerprint density at radius 2 is 1.62 bits per heavy atom. The number of urea groups is 1. The first-order valence-corrected chi connectivity index (χ1v) is 12.9. The molecule has 1 aromatic heterocycles. The fraction of sp³-hybridized carbons (Fsp3) is 0.194. The van der Waals surface area contributed by atoms with Crippen molar-refractivity contribution in [2.24, 2.45) is 0 Å². The molecule has 3 aliphatic heterocycles. The normalized spacial score (nSPS) is 21.6. The molecule has 8 heteroatoms. The number of piperazine rings is 1. The van der Waals surface area contributed by atoms with Crippen molar-refractivity contribution >= 4 is 34.4 Å². The predicted octanol–water partition coefficient (Wildman–Crippen LogP) is 4.06. The molecule has 3 aromatic carbocycles. The molecule has 4 heterocycles. The average molecular weight is 514 g/mol. The number of nitrogens with zero attached hydrogens (tertiary/aromatic N) is 5. The number of hydrogen-bond donors (Lipinski definition) is 0. The summed E-state index contributed by atoms with van der Waals surface area (Å²) in [6, 6.07) is 26.4. The van der Waals surface area contributed by atoms with Gasteiger partial charge in [-0.05, 0) is 41.8 Å². The number of nitriles is 1. The first-order chi connectivity index (χ1) is 19.1. The number of benzene rings is 3. The van der Waals surface area contributed by atoms with Crippen molar-refractivity contribution in [2.75, 3.05) is 11.4 Å². The third-order valence-corrected chi connectivity index (χ3v) is 8.17. The molecule has 3 atom stereocenters. The third-order valence-electron chi connectivity index (χ3n) is 8.17. The minimum atomic E-state index is -0.741. The maximum absolute atomic E-state index is 14.2. The van der Waals surface area contributed by atoms with Gasteiger partial charge in [-0.15, -0.1) is 0 Å². The second-order valence-corrected chi connectivity index (χ2v) is 10.2. The van der Waals surface area contributed by atoms with Crippen LogP contribution in [0, 0.1) is 11.3 Å². The van der Waals surface area contributed by atoms with Crippen LogP contribution < -0.4 is 4.90 Å². The van der Waals surface area contributed by atoms with Crippen LogP contribution >= 0.6 is 0 Å². The van der Waals surface area contributed by atoms with Crippen molar-refractivity contribution in [1.29, 1.82) is 5.26 Å². The van der Waals surface area contributed by atoms with Gasteiger partial charge in [0.2, 0.25) is 5.91 Å². The van der Waals surface area contributed by atoms with Gasteiger partial charge in [0.15, 0.2) is 0 Å². The van der Waals surface area contributed by atoms with E-state index in [4.69, 9.17) is 0 Å². The van der Waals surface area contributed by atoms with E-state index in [0.717, 1.165) is 11.1 Å². The molecule has 8 nitrogen and oxygen atoms in total. The van der Waals surface area contributed by atoms with Crippen molar-refractivity contribution in [2.45, 2.75) is 30.5 Å². The van der Waals surface area contributed by atoms with Crippen LogP contribution in [0.4, 0.5) is 10.5 Å². The van der Waals surface area contributed by atoms with Crippen molar-refractivity contribution in [3.05, 3.63) is 108 Å². The van der Waals surface area contributed by atoms with Gasteiger partial charge in [-0.2, -0.15) is 5.26 Å². The number of fused-ring (bicyclic) bond motifs is 6. The Kier molecular flexibility index (Phi) is 5.20. The van der Waals surface area contributed by atoms with Gasteiger partial charge in [-0.3, -0.25) is 14.6 Å². The van der Waals surface area contributed by atoms with Crippen LogP contribution in [0.25, 0.3) is 10.9 Å². The summed E-state index contributed by atoms with van der Waals surface area (Å²) in [5, 5.41) is 10.1. The summed E-state index contributed by atoms with van der Waals surface area (Å²) >= 11 is 0. The number of aromatic nitrogens is 1. The third kappa shape index (κ3) is 3.36. The number of imide groups is 1. The molecule has 4 aromatic rings. The highest BCUT2D eigenvalue weighted by Gasteiger charge is 2.63. The molecule has 4 amide bonds. The van der Waals surface area contributed by atoms with Gasteiger partial charge in [0.1, 0.15) is 12.1 Å². The number of hydrogen-bond acceptors (Lipinski definition) is 5. The Morgan fingerprint density at radius 1 is 0.923 bits per heavy atom. The molecular weight excluding hydrogens is 490 g/mol. The van der Waals surface area contributed by atoms with E-state index in [1.165, 1.54) is 4.90 Å². The van der Waals surface area contributed by atoms with E-state index in [1.54, 1.807) is 35.4 Å². The number of pyridine rings is 1. The standard InChI is InChI=1S/C31H23N5O3/c32-17-21-13-14-24(23-12-7-15-33-27(21)23)36-30(38)28-25-16-22(35(28)31(36)39)18-34(25)29(37)26(19-8-3-1-4-9-19)20-10-5-2-6-11-20/h1-15,22,25-26,28H,16,18H2/t22-,25?,28-/m1/s1. The minimum absolute atomic E-state index is 0.0636. The molecule has 0 radical (unpaired) electrons. The average Bonchev–Trinajstić information content (AvgIpc) is 3.65. The van der Waals surface area contributed by atoms with Crippen LogP contribution in [0.5, 0.6) is 0 Å². The maximum atomic E-state index is 14.2. The Bertz CT molecular complexity index is 1640. The summed E-state index contributed by atoms with van der Waals surface area (Å²) in [4.78, 5) is 50.7. The molecule has 3 fully saturated rings. The molecule has 0 spiro atoms. The molecular formula is C31H23N5O3. The Morgan fingerprint density at radius 3 is 2.28 bits per heavy atom. The smallest absolute Gasteiger partial charge is 0.332 e. The lowest BCUT2D eigenvalue weighted by atomic mass is 9.89. The van der Waals surface area contributed by atoms with Crippen LogP contribution in [0.1, 0.15) is 29.0 Å². The molecule has 0 saturated carbocycles. The van der Waals surface area contributed by atoms with E-state index in [2.05, 4.69) is 11.1 Å². The maximum Gasteiger partial charge on any atom is 0.332 e. The Balaban J connectivity index is 1.24. The van der Waals surface area contributed by atoms with Crippen LogP contribution in [0.2, 0.25) is 0 Å². The van der Waals surface area contributed by atoms with Gasteiger partial charge in [-0.1, -0.05) is 60.7 Å². The zero-order valence-corrected chi connectivity index (χ0v) is 20.8. The summed E-state index contributed by atoms with van der Waals surface area (Å²) in [6.07, 6.45) is 2.16. The molecule has 3 aliphatic rings. The van der Waals surface area contributed by atoms with Crippen molar-refractivity contribution < 1.29 is 14.4 Å². The van der Waals surface area contributed by atoms with Crippen molar-refractivity contribution in [1.82, 2.24) is 14.8 Å². The Labute approximate surface area is 224 Å². The van der Waals surface area contributed by atoms with Crippen LogP contribution in [0.3, 0.4) is 0 Å². The van der Waals surface area contributed by atoms with Gasteiger partial charge in [-0.25, -0.2) is 9.69 Å². The van der Waals surface area contributed by atoms with E-state index in [-0.39, 0.29) is 23.9 Å². The highest BCUT2D eigenvalue weighted by molar-refractivity contribution is 6.25. The highest BCUT2D eigenvalue weighted by atomic mass is 16.2. The minimum Gasteiger partial charge on any atom is -0.334 e. The van der Waals surface area contributed by atoms with Crippen molar-refractivity contribution in [3.8, 4) is 6.07 Å². The summed E-state index contributed by atoms with van der Waals surface area (Å²) in [5.74, 6) is -0.917. The van der Waals surface area contributed by atoms with Gasteiger partial charge in [0.25, 0.3) is 5.91 Å². The number of anilines is 1. The number of rotatable bonds is 4. The van der Waals surface area contributed by atoms with Gasteiger partial charge >= 0.3 is 6.03 Å². The molecule has 2 bridgehead atoms. The number of carbonyl (C=O) groups excluding carboxylic acids is 3. The number of likely N-dealkylation sites (tertiary alicyclic amines) is 1. The SMILES string of the molecule is N#Cc1ccc(N2C(=O)[C@H]3C4C[C@H](CN4C(=O)C(c4ccccc4)c4ccccc4)N3C2=O)c2cccnc12. The first-order valence-electron chi connectivity index (χ1n) is 12.9. The lowest BCUT2D eigenvalue weighted by Crippen LogP contribution is -2.55. The fourth-order valence-electron chi connectivity index (χ4n) is 6.51. The fourth-order valence-corrected chi connectivity index (χ4v) is 6.51. The topological polar surface area (TPSA) is 97.6 Å². The number of carbonyl (C=O) groups is 3. The van der Waals surface area contributed by atoms with Gasteiger partial charge in [0, 0.05) is 18.1 Å². The van der Waals surface area contributed by atoms with Crippen LogP contribution in [-0.2, 0) is 9.59 Å². The summed E-state index contributed by atoms with van der Waals surface area (Å²) < 4.78 is 0. The van der Waals surface area contributed by atoms with E-state index >= 15 is 0 Å². The second kappa shape index (κ2) is 8.77. The Hall–Kier alpha value is -5.03. The predicted molar refractivity (Wildman–Crippen MR) is 144 cm³/mol. The molecule has 7 rings (SSSR count). The van der Waals surface area contributed by atoms with Crippen LogP contribution in [-0.4, -0.2) is 57.3 Å². The summed E-state index contributed by atoms with van der Waals surface area (Å²) in [7, 11) is 0. The quantitative estimate of drug-likeness (QED) is 0.384. The lowest BCUT2D eigenvalue weighted by molar-refractivity contribution is -0.136. The van der Waals surface area contributed by atoms with E-state index in [9.17, 15) is 19.6 Å². The molecule has 0 aliphatic carbocycles. The monoisotopic (exact) mass is 513 g/mol. The van der Waals surface area contributed by atoms with Gasteiger partial charge < -0.3 is 9.80 Å². The van der Waals surface area contributed by atoms with Crippen molar-refractivity contribution in [3.63, 3.8) is 0 Å². The van der Waals surface area contributed by atoms with E-state index in [1.807, 2.05) is 65.6 Å². The van der Waals surface area contributed by atoms with E-state index < -0.39 is 18.0 Å². The molecule has 39 heavy (non-hydrogen) atoms. The summed E-state index contributed by atoms with van der Waals surface area (Å²) in [5.41, 5.74) is 3.00. The largest absolute Gasteiger partial charge is 0.334 e. The molecule has 1 unspecified atom stereocenters. The molecule has 0 N–H and O–H groups in total. The van der Waals surface area contributed by atoms with Crippen LogP contribution in [0.15, 0.2) is 91.1 Å². The van der Waals surface area contributed by atoms with Gasteiger partial charge in [0.05, 0.1) is 34.8 Å². The summed E-state index contributed by atoms with van der Waals surface area (Å²) in [6.45, 7) is 0.388. The second-order valence-electron chi connectivity index (χ2n) is 10.2. The highest BCUT2D eigenvalue weighted by Crippen LogP contribution is 2.45. The zero-order valence-electron chi connectivity index (χ0n) is 20.8. The first kappa shape index (κ1) is 23.1.